The molecule has 0 aliphatic rings. The molecule has 0 radical (unpaired) electrons. The number of sulfone groups is 2. The lowest BCUT2D eigenvalue weighted by molar-refractivity contribution is -0.131. The highest BCUT2D eigenvalue weighted by molar-refractivity contribution is 7.94. The van der Waals surface area contributed by atoms with Crippen LogP contribution in [0.3, 0.4) is 0 Å². The van der Waals surface area contributed by atoms with E-state index in [1.54, 1.807) is 48.5 Å². The first-order chi connectivity index (χ1) is 15.9. The topological polar surface area (TPSA) is 86.7 Å². The zero-order valence-corrected chi connectivity index (χ0v) is 19.4. The summed E-state index contributed by atoms with van der Waals surface area (Å²) in [5, 5.41) is 2.19. The normalized spacial score (nSPS) is 12.6. The smallest absolute Gasteiger partial charge is 0.199 e. The van der Waals surface area contributed by atoms with Gasteiger partial charge in [0.2, 0.25) is 0 Å². The summed E-state index contributed by atoms with van der Waals surface area (Å²) in [5.74, 6) is 0. The molecule has 172 valence electrons. The van der Waals surface area contributed by atoms with Crippen molar-refractivity contribution in [3.63, 3.8) is 0 Å². The molecule has 0 amide bonds. The lowest BCUT2D eigenvalue weighted by Gasteiger charge is -2.17. The molecular weight excluding hydrogens is 460 g/mol. The Kier molecular flexibility index (Phi) is 8.73. The fourth-order valence-electron chi connectivity index (χ4n) is 2.85. The highest BCUT2D eigenvalue weighted by atomic mass is 32.2. The van der Waals surface area contributed by atoms with Crippen molar-refractivity contribution in [1.29, 1.82) is 0 Å². The van der Waals surface area contributed by atoms with Gasteiger partial charge in [-0.15, -0.1) is 0 Å². The molecule has 0 saturated carbocycles. The van der Waals surface area contributed by atoms with Crippen molar-refractivity contribution >= 4 is 19.7 Å². The molecule has 0 N–H and O–H groups in total. The summed E-state index contributed by atoms with van der Waals surface area (Å²) in [6.45, 7) is -0.0324. The van der Waals surface area contributed by atoms with Crippen LogP contribution in [-0.2, 0) is 29.1 Å². The third-order valence-corrected chi connectivity index (χ3v) is 7.41. The van der Waals surface area contributed by atoms with Crippen molar-refractivity contribution in [1.82, 2.24) is 0 Å². The van der Waals surface area contributed by atoms with Crippen molar-refractivity contribution in [3.05, 3.63) is 120 Å². The van der Waals surface area contributed by atoms with Gasteiger partial charge in [0.25, 0.3) is 0 Å². The molecule has 0 spiro atoms. The van der Waals surface area contributed by atoms with Crippen molar-refractivity contribution in [2.45, 2.75) is 16.1 Å². The fraction of sp³-hybridized carbons (Fsp3) is 0.120. The molecule has 8 heteroatoms. The molecule has 0 bridgehead atoms. The van der Waals surface area contributed by atoms with Crippen LogP contribution in [0, 0.1) is 0 Å². The quantitative estimate of drug-likeness (QED) is 0.367. The van der Waals surface area contributed by atoms with Gasteiger partial charge in [-0.3, -0.25) is 0 Å². The SMILES string of the molecule is O=S(=O)(/C=C/COC(OC/C=C/S(=O)(=O)c1ccccc1)c1ccccc1)c1ccccc1. The number of rotatable bonds is 11. The monoisotopic (exact) mass is 484 g/mol. The van der Waals surface area contributed by atoms with E-state index >= 15 is 0 Å². The summed E-state index contributed by atoms with van der Waals surface area (Å²) in [5.41, 5.74) is 0.719. The standard InChI is InChI=1S/C25H24O6S2/c26-32(27,23-14-6-2-7-15-23)20-10-18-30-25(22-12-4-1-5-13-22)31-19-11-21-33(28,29)24-16-8-3-9-17-24/h1-17,20-21,25H,18-19H2/b20-10+,21-11+. The van der Waals surface area contributed by atoms with Gasteiger partial charge in [0.05, 0.1) is 23.0 Å². The van der Waals surface area contributed by atoms with E-state index in [1.165, 1.54) is 36.4 Å². The third kappa shape index (κ3) is 7.50. The molecule has 0 atom stereocenters. The molecule has 0 fully saturated rings. The van der Waals surface area contributed by atoms with E-state index in [0.29, 0.717) is 0 Å². The molecule has 3 aromatic rings. The zero-order chi connectivity index (χ0) is 23.6. The van der Waals surface area contributed by atoms with Crippen LogP contribution in [0.5, 0.6) is 0 Å². The predicted octanol–water partition coefficient (Wildman–Crippen LogP) is 4.69. The molecular formula is C25H24O6S2. The Hall–Kier alpha value is -3.04. The van der Waals surface area contributed by atoms with Crippen LogP contribution in [0.2, 0.25) is 0 Å². The average Bonchev–Trinajstić information content (AvgIpc) is 2.84. The molecule has 0 aromatic heterocycles. The van der Waals surface area contributed by atoms with Gasteiger partial charge >= 0.3 is 0 Å². The van der Waals surface area contributed by atoms with Crippen LogP contribution >= 0.6 is 0 Å². The van der Waals surface area contributed by atoms with E-state index in [2.05, 4.69) is 0 Å². The van der Waals surface area contributed by atoms with Crippen molar-refractivity contribution in [2.24, 2.45) is 0 Å². The molecule has 0 heterocycles. The van der Waals surface area contributed by atoms with Gasteiger partial charge in [-0.1, -0.05) is 66.7 Å². The van der Waals surface area contributed by atoms with Gasteiger partial charge in [-0.2, -0.15) is 0 Å². The fourth-order valence-corrected chi connectivity index (χ4v) is 4.90. The van der Waals surface area contributed by atoms with Crippen molar-refractivity contribution < 1.29 is 26.3 Å². The minimum absolute atomic E-state index is 0.0162. The molecule has 0 aliphatic carbocycles. The number of ether oxygens (including phenoxy) is 2. The number of benzene rings is 3. The van der Waals surface area contributed by atoms with Crippen LogP contribution in [0.1, 0.15) is 11.9 Å². The molecule has 33 heavy (non-hydrogen) atoms. The Labute approximate surface area is 194 Å². The number of hydrogen-bond acceptors (Lipinski definition) is 6. The summed E-state index contributed by atoms with van der Waals surface area (Å²) in [4.78, 5) is 0.392. The van der Waals surface area contributed by atoms with Gasteiger partial charge in [0, 0.05) is 16.4 Å². The Morgan fingerprint density at radius 3 is 1.33 bits per heavy atom. The minimum Gasteiger partial charge on any atom is -0.344 e. The Morgan fingerprint density at radius 1 is 0.576 bits per heavy atom. The van der Waals surface area contributed by atoms with E-state index in [0.717, 1.165) is 16.4 Å². The molecule has 3 aromatic carbocycles. The Balaban J connectivity index is 1.62. The van der Waals surface area contributed by atoms with Crippen LogP contribution in [-0.4, -0.2) is 30.0 Å². The van der Waals surface area contributed by atoms with E-state index in [4.69, 9.17) is 9.47 Å². The lowest BCUT2D eigenvalue weighted by Crippen LogP contribution is -2.10. The van der Waals surface area contributed by atoms with Gasteiger partial charge in [-0.25, -0.2) is 16.8 Å². The maximum atomic E-state index is 12.3. The summed E-state index contributed by atoms with van der Waals surface area (Å²) < 4.78 is 60.8. The van der Waals surface area contributed by atoms with E-state index < -0.39 is 26.0 Å². The minimum atomic E-state index is -3.57. The summed E-state index contributed by atoms with van der Waals surface area (Å²) >= 11 is 0. The maximum absolute atomic E-state index is 12.3. The molecule has 0 unspecified atom stereocenters. The molecule has 6 nitrogen and oxygen atoms in total. The average molecular weight is 485 g/mol. The second-order valence-electron chi connectivity index (χ2n) is 6.87. The van der Waals surface area contributed by atoms with Crippen molar-refractivity contribution in [3.8, 4) is 0 Å². The van der Waals surface area contributed by atoms with Gasteiger partial charge in [0.1, 0.15) is 0 Å². The second kappa shape index (κ2) is 11.7. The highest BCUT2D eigenvalue weighted by Gasteiger charge is 2.13. The van der Waals surface area contributed by atoms with Gasteiger partial charge in [0.15, 0.2) is 26.0 Å². The summed E-state index contributed by atoms with van der Waals surface area (Å²) in [7, 11) is -7.13. The van der Waals surface area contributed by atoms with Crippen LogP contribution in [0.4, 0.5) is 0 Å². The zero-order valence-electron chi connectivity index (χ0n) is 17.7. The first kappa shape index (κ1) is 24.6. The van der Waals surface area contributed by atoms with E-state index in [-0.39, 0.29) is 23.0 Å². The maximum Gasteiger partial charge on any atom is 0.199 e. The molecule has 0 aliphatic heterocycles. The van der Waals surface area contributed by atoms with Crippen LogP contribution in [0.15, 0.2) is 124 Å². The van der Waals surface area contributed by atoms with Crippen LogP contribution < -0.4 is 0 Å². The molecule has 3 rings (SSSR count). The lowest BCUT2D eigenvalue weighted by atomic mass is 10.2. The van der Waals surface area contributed by atoms with E-state index in [1.807, 2.05) is 18.2 Å². The van der Waals surface area contributed by atoms with Gasteiger partial charge < -0.3 is 9.47 Å². The van der Waals surface area contributed by atoms with Crippen LogP contribution in [0.25, 0.3) is 0 Å². The first-order valence-corrected chi connectivity index (χ1v) is 13.2. The predicted molar refractivity (Wildman–Crippen MR) is 127 cm³/mol. The largest absolute Gasteiger partial charge is 0.344 e. The number of hydrogen-bond donors (Lipinski definition) is 0. The second-order valence-corrected chi connectivity index (χ2v) is 10.5. The van der Waals surface area contributed by atoms with Gasteiger partial charge in [-0.05, 0) is 36.4 Å². The summed E-state index contributed by atoms with van der Waals surface area (Å²) in [6, 6.07) is 25.3. The van der Waals surface area contributed by atoms with E-state index in [9.17, 15) is 16.8 Å². The van der Waals surface area contributed by atoms with Crippen molar-refractivity contribution in [2.75, 3.05) is 13.2 Å². The summed E-state index contributed by atoms with van der Waals surface area (Å²) in [6.07, 6.45) is 1.99. The Bertz CT molecular complexity index is 1180. The Morgan fingerprint density at radius 2 is 0.939 bits per heavy atom. The first-order valence-electron chi connectivity index (χ1n) is 10.1. The molecule has 0 saturated heterocycles. The third-order valence-electron chi connectivity index (χ3n) is 4.45. The highest BCUT2D eigenvalue weighted by Crippen LogP contribution is 2.19.